The largest absolute Gasteiger partial charge is 0.424 e. The van der Waals surface area contributed by atoms with Crippen LogP contribution in [-0.2, 0) is 4.74 Å². The molecule has 0 atom stereocenters. The van der Waals surface area contributed by atoms with Gasteiger partial charge in [-0.3, -0.25) is 9.89 Å². The van der Waals surface area contributed by atoms with Gasteiger partial charge in [-0.05, 0) is 43.2 Å². The van der Waals surface area contributed by atoms with Crippen molar-refractivity contribution in [1.82, 2.24) is 30.0 Å². The van der Waals surface area contributed by atoms with Gasteiger partial charge in [0.15, 0.2) is 5.82 Å². The maximum absolute atomic E-state index is 12.2. The van der Waals surface area contributed by atoms with E-state index >= 15 is 0 Å². The molecule has 0 aliphatic carbocycles. The third kappa shape index (κ3) is 4.67. The number of hydrogen-bond acceptors (Lipinski definition) is 8. The predicted molar refractivity (Wildman–Crippen MR) is 127 cm³/mol. The molecule has 1 saturated heterocycles. The topological polar surface area (TPSA) is 118 Å². The first-order chi connectivity index (χ1) is 16.6. The fourth-order valence-corrected chi connectivity index (χ4v) is 3.80. The van der Waals surface area contributed by atoms with Gasteiger partial charge in [-0.2, -0.15) is 20.1 Å². The molecule has 5 rings (SSSR count). The molecule has 0 bridgehead atoms. The van der Waals surface area contributed by atoms with Crippen molar-refractivity contribution in [1.29, 1.82) is 0 Å². The van der Waals surface area contributed by atoms with E-state index in [4.69, 9.17) is 9.47 Å². The molecular formula is C24H25N7O3. The predicted octanol–water partition coefficient (Wildman–Crippen LogP) is 3.50. The molecular weight excluding hydrogens is 434 g/mol. The number of nitrogens with one attached hydrogen (secondary N) is 2. The highest BCUT2D eigenvalue weighted by molar-refractivity contribution is 5.94. The van der Waals surface area contributed by atoms with Gasteiger partial charge in [0, 0.05) is 49.9 Å². The van der Waals surface area contributed by atoms with E-state index in [1.165, 1.54) is 4.90 Å². The average Bonchev–Trinajstić information content (AvgIpc) is 3.34. The number of aromatic amines is 1. The molecule has 10 nitrogen and oxygen atoms in total. The van der Waals surface area contributed by atoms with Crippen LogP contribution < -0.4 is 10.1 Å². The lowest BCUT2D eigenvalue weighted by molar-refractivity contribution is 0.0827. The lowest BCUT2D eigenvalue weighted by Crippen LogP contribution is -2.28. The Balaban J connectivity index is 1.48. The molecule has 3 heterocycles. The molecule has 4 aromatic rings. The Morgan fingerprint density at radius 1 is 1.09 bits per heavy atom. The first-order valence-corrected chi connectivity index (χ1v) is 11.1. The van der Waals surface area contributed by atoms with Crippen molar-refractivity contribution in [2.75, 3.05) is 32.6 Å². The molecule has 2 aromatic carbocycles. The SMILES string of the molecule is CN(C)C(=O)c1ccc(Oc2nc(NC3CCOCC3)nc(-c3cccc4[nH]ncc34)n2)cc1. The van der Waals surface area contributed by atoms with Crippen molar-refractivity contribution in [2.45, 2.75) is 18.9 Å². The highest BCUT2D eigenvalue weighted by Crippen LogP contribution is 2.28. The Hall–Kier alpha value is -4.05. The second-order valence-corrected chi connectivity index (χ2v) is 8.26. The first kappa shape index (κ1) is 21.8. The van der Waals surface area contributed by atoms with Crippen molar-refractivity contribution >= 4 is 22.8 Å². The Labute approximate surface area is 196 Å². The number of amides is 1. The van der Waals surface area contributed by atoms with Crippen LogP contribution in [-0.4, -0.2) is 69.3 Å². The third-order valence-corrected chi connectivity index (χ3v) is 5.61. The number of ether oxygens (including phenoxy) is 2. The Morgan fingerprint density at radius 3 is 2.65 bits per heavy atom. The summed E-state index contributed by atoms with van der Waals surface area (Å²) in [5, 5.41) is 11.4. The zero-order chi connectivity index (χ0) is 23.5. The number of fused-ring (bicyclic) bond motifs is 1. The van der Waals surface area contributed by atoms with Gasteiger partial charge in [0.25, 0.3) is 5.91 Å². The Bertz CT molecular complexity index is 1300. The van der Waals surface area contributed by atoms with E-state index in [1.807, 2.05) is 18.2 Å². The summed E-state index contributed by atoms with van der Waals surface area (Å²) in [5.74, 6) is 1.36. The summed E-state index contributed by atoms with van der Waals surface area (Å²) in [4.78, 5) is 27.5. The summed E-state index contributed by atoms with van der Waals surface area (Å²) in [6, 6.07) is 13.1. The van der Waals surface area contributed by atoms with Gasteiger partial charge in [-0.15, -0.1) is 0 Å². The highest BCUT2D eigenvalue weighted by atomic mass is 16.5. The zero-order valence-corrected chi connectivity index (χ0v) is 19.0. The number of anilines is 1. The number of benzene rings is 2. The van der Waals surface area contributed by atoms with E-state index in [-0.39, 0.29) is 18.0 Å². The van der Waals surface area contributed by atoms with Crippen molar-refractivity contribution < 1.29 is 14.3 Å². The molecule has 0 radical (unpaired) electrons. The van der Waals surface area contributed by atoms with E-state index < -0.39 is 0 Å². The van der Waals surface area contributed by atoms with E-state index in [0.717, 1.165) is 29.3 Å². The number of carbonyl (C=O) groups excluding carboxylic acids is 1. The van der Waals surface area contributed by atoms with Gasteiger partial charge < -0.3 is 19.7 Å². The normalized spacial score (nSPS) is 14.2. The average molecular weight is 460 g/mol. The van der Waals surface area contributed by atoms with Crippen LogP contribution in [0, 0.1) is 0 Å². The minimum absolute atomic E-state index is 0.0786. The number of carbonyl (C=O) groups is 1. The lowest BCUT2D eigenvalue weighted by atomic mass is 10.1. The van der Waals surface area contributed by atoms with Gasteiger partial charge in [0.1, 0.15) is 5.75 Å². The monoisotopic (exact) mass is 459 g/mol. The van der Waals surface area contributed by atoms with Crippen molar-refractivity contribution in [3.63, 3.8) is 0 Å². The lowest BCUT2D eigenvalue weighted by Gasteiger charge is -2.23. The van der Waals surface area contributed by atoms with E-state index in [0.29, 0.717) is 36.3 Å². The van der Waals surface area contributed by atoms with Crippen molar-refractivity contribution in [3.8, 4) is 23.1 Å². The minimum Gasteiger partial charge on any atom is -0.424 e. The standard InChI is InChI=1S/C24H25N7O3/c1-31(2)22(32)15-6-8-17(9-7-15)34-24-28-21(18-4-3-5-20-19(18)14-25-30-20)27-23(29-24)26-16-10-12-33-13-11-16/h3-9,14,16H,10-13H2,1-2H3,(H,25,30)(H,26,27,28,29). The maximum Gasteiger partial charge on any atom is 0.327 e. The summed E-state index contributed by atoms with van der Waals surface area (Å²) in [6.45, 7) is 1.40. The fourth-order valence-electron chi connectivity index (χ4n) is 3.80. The first-order valence-electron chi connectivity index (χ1n) is 11.1. The minimum atomic E-state index is -0.0786. The second-order valence-electron chi connectivity index (χ2n) is 8.26. The molecule has 1 fully saturated rings. The maximum atomic E-state index is 12.2. The molecule has 0 spiro atoms. The van der Waals surface area contributed by atoms with Crippen LogP contribution in [0.25, 0.3) is 22.3 Å². The second kappa shape index (κ2) is 9.44. The van der Waals surface area contributed by atoms with Gasteiger partial charge in [-0.1, -0.05) is 12.1 Å². The molecule has 1 aliphatic rings. The van der Waals surface area contributed by atoms with Crippen LogP contribution in [0.1, 0.15) is 23.2 Å². The number of aromatic nitrogens is 5. The van der Waals surface area contributed by atoms with Gasteiger partial charge in [-0.25, -0.2) is 0 Å². The molecule has 0 unspecified atom stereocenters. The molecule has 2 aromatic heterocycles. The summed E-state index contributed by atoms with van der Waals surface area (Å²) >= 11 is 0. The zero-order valence-electron chi connectivity index (χ0n) is 19.0. The summed E-state index contributed by atoms with van der Waals surface area (Å²) < 4.78 is 11.4. The third-order valence-electron chi connectivity index (χ3n) is 5.61. The van der Waals surface area contributed by atoms with Crippen molar-refractivity contribution in [2.24, 2.45) is 0 Å². The van der Waals surface area contributed by atoms with Gasteiger partial charge in [0.05, 0.1) is 11.7 Å². The van der Waals surface area contributed by atoms with Gasteiger partial charge >= 0.3 is 6.01 Å². The molecule has 2 N–H and O–H groups in total. The van der Waals surface area contributed by atoms with Crippen LogP contribution >= 0.6 is 0 Å². The highest BCUT2D eigenvalue weighted by Gasteiger charge is 2.18. The van der Waals surface area contributed by atoms with E-state index in [9.17, 15) is 4.79 Å². The number of hydrogen-bond donors (Lipinski definition) is 2. The smallest absolute Gasteiger partial charge is 0.327 e. The molecule has 1 aliphatic heterocycles. The van der Waals surface area contributed by atoms with Crippen LogP contribution in [0.5, 0.6) is 11.8 Å². The summed E-state index contributed by atoms with van der Waals surface area (Å²) in [6.07, 6.45) is 3.49. The van der Waals surface area contributed by atoms with Crippen LogP contribution in [0.2, 0.25) is 0 Å². The van der Waals surface area contributed by atoms with E-state index in [1.54, 1.807) is 44.6 Å². The number of H-pyrrole nitrogens is 1. The quantitative estimate of drug-likeness (QED) is 0.450. The molecule has 0 saturated carbocycles. The van der Waals surface area contributed by atoms with Crippen LogP contribution in [0.3, 0.4) is 0 Å². The summed E-state index contributed by atoms with van der Waals surface area (Å²) in [5.41, 5.74) is 2.28. The molecule has 10 heteroatoms. The van der Waals surface area contributed by atoms with Gasteiger partial charge in [0.2, 0.25) is 5.95 Å². The number of rotatable bonds is 6. The molecule has 174 valence electrons. The molecule has 1 amide bonds. The summed E-state index contributed by atoms with van der Waals surface area (Å²) in [7, 11) is 3.43. The van der Waals surface area contributed by atoms with E-state index in [2.05, 4.69) is 30.5 Å². The number of nitrogens with zero attached hydrogens (tertiary/aromatic N) is 5. The molecule has 34 heavy (non-hydrogen) atoms. The Morgan fingerprint density at radius 2 is 1.88 bits per heavy atom. The Kier molecular flexibility index (Phi) is 6.05. The van der Waals surface area contributed by atoms with Crippen molar-refractivity contribution in [3.05, 3.63) is 54.2 Å². The fraction of sp³-hybridized carbons (Fsp3) is 0.292. The van der Waals surface area contributed by atoms with Crippen LogP contribution in [0.15, 0.2) is 48.7 Å². The van der Waals surface area contributed by atoms with Crippen LogP contribution in [0.4, 0.5) is 5.95 Å².